The van der Waals surface area contributed by atoms with Crippen LogP contribution in [-0.4, -0.2) is 47.8 Å². The molecular formula is C21H31N3O5. The number of nitrogens with two attached hydrogens (primary N) is 2. The van der Waals surface area contributed by atoms with E-state index < -0.39 is 17.4 Å². The Labute approximate surface area is 170 Å². The number of amides is 1. The topological polar surface area (TPSA) is 137 Å². The van der Waals surface area contributed by atoms with Crippen molar-refractivity contribution in [3.8, 4) is 11.5 Å². The number of carbonyl (C=O) groups excluding carboxylic acids is 1. The van der Waals surface area contributed by atoms with Crippen molar-refractivity contribution in [1.29, 1.82) is 0 Å². The third kappa shape index (κ3) is 5.19. The highest BCUT2D eigenvalue weighted by molar-refractivity contribution is 6.06. The van der Waals surface area contributed by atoms with Crippen molar-refractivity contribution in [2.45, 2.75) is 62.6 Å². The molecule has 8 nitrogen and oxygen atoms in total. The minimum absolute atomic E-state index is 0.208. The van der Waals surface area contributed by atoms with Crippen LogP contribution in [0, 0.1) is 5.92 Å². The third-order valence-corrected chi connectivity index (χ3v) is 6.00. The van der Waals surface area contributed by atoms with E-state index in [1.807, 2.05) is 24.3 Å². The van der Waals surface area contributed by atoms with Gasteiger partial charge in [-0.1, -0.05) is 12.1 Å². The first-order valence-electron chi connectivity index (χ1n) is 10.3. The van der Waals surface area contributed by atoms with Crippen LogP contribution >= 0.6 is 0 Å². The van der Waals surface area contributed by atoms with Gasteiger partial charge in [0.2, 0.25) is 5.91 Å². The number of rotatable bonds is 4. The largest absolute Gasteiger partial charge is 0.486 e. The molecule has 0 aromatic heterocycles. The number of fused-ring (bicyclic) bond motifs is 1. The van der Waals surface area contributed by atoms with E-state index in [2.05, 4.69) is 5.32 Å². The Hall–Kier alpha value is -2.32. The first kappa shape index (κ1) is 21.4. The molecule has 2 atom stereocenters. The van der Waals surface area contributed by atoms with Crippen LogP contribution in [0.25, 0.3) is 0 Å². The van der Waals surface area contributed by atoms with Crippen molar-refractivity contribution < 1.29 is 24.2 Å². The Balaban J connectivity index is 0.000000188. The number of carbonyl (C=O) groups is 2. The number of nitrogens with one attached hydrogen (secondary N) is 1. The highest BCUT2D eigenvalue weighted by Crippen LogP contribution is 2.34. The second kappa shape index (κ2) is 9.45. The number of carboxylic acid groups (broad SMARTS) is 1. The van der Waals surface area contributed by atoms with Crippen LogP contribution in [0.4, 0.5) is 0 Å². The molecule has 1 aliphatic carbocycles. The molecule has 1 saturated heterocycles. The fourth-order valence-corrected chi connectivity index (χ4v) is 4.22. The molecule has 2 heterocycles. The zero-order valence-corrected chi connectivity index (χ0v) is 16.6. The van der Waals surface area contributed by atoms with Crippen LogP contribution in [0.3, 0.4) is 0 Å². The zero-order valence-electron chi connectivity index (χ0n) is 16.6. The molecular weight excluding hydrogens is 374 g/mol. The number of ether oxygens (including phenoxy) is 2. The molecule has 0 spiro atoms. The second-order valence-corrected chi connectivity index (χ2v) is 8.12. The fourth-order valence-electron chi connectivity index (χ4n) is 4.22. The summed E-state index contributed by atoms with van der Waals surface area (Å²) in [6, 6.07) is 8.34. The predicted molar refractivity (Wildman–Crippen MR) is 108 cm³/mol. The summed E-state index contributed by atoms with van der Waals surface area (Å²) < 4.78 is 11.8. The van der Waals surface area contributed by atoms with Gasteiger partial charge >= 0.3 is 5.97 Å². The summed E-state index contributed by atoms with van der Waals surface area (Å²) in [5.41, 5.74) is 9.39. The highest BCUT2D eigenvalue weighted by Gasteiger charge is 2.46. The first-order valence-corrected chi connectivity index (χ1v) is 10.3. The van der Waals surface area contributed by atoms with Crippen molar-refractivity contribution >= 4 is 11.9 Å². The molecule has 1 saturated carbocycles. The molecule has 6 N–H and O–H groups in total. The van der Waals surface area contributed by atoms with Gasteiger partial charge in [0, 0.05) is 6.04 Å². The number of carboxylic acids is 1. The quantitative estimate of drug-likeness (QED) is 0.556. The van der Waals surface area contributed by atoms with E-state index in [1.54, 1.807) is 0 Å². The summed E-state index contributed by atoms with van der Waals surface area (Å²) in [4.78, 5) is 21.3. The van der Waals surface area contributed by atoms with E-state index in [4.69, 9.17) is 26.0 Å². The normalized spacial score (nSPS) is 30.7. The zero-order chi connectivity index (χ0) is 20.9. The van der Waals surface area contributed by atoms with E-state index >= 15 is 0 Å². The minimum atomic E-state index is -1.50. The molecule has 2 fully saturated rings. The van der Waals surface area contributed by atoms with Gasteiger partial charge in [0.15, 0.2) is 17.0 Å². The van der Waals surface area contributed by atoms with Gasteiger partial charge in [0.05, 0.1) is 0 Å². The molecule has 0 bridgehead atoms. The SMILES string of the molecule is NC(=O)[C@]1(C(=O)O)CCCN1.N[C@H]1CC[C@H](CC2COc3ccccc3O2)CC1. The van der Waals surface area contributed by atoms with Crippen molar-refractivity contribution in [2.24, 2.45) is 17.4 Å². The van der Waals surface area contributed by atoms with Gasteiger partial charge in [-0.25, -0.2) is 4.79 Å². The Bertz CT molecular complexity index is 696. The monoisotopic (exact) mass is 405 g/mol. The maximum absolute atomic E-state index is 10.7. The molecule has 1 aromatic rings. The average molecular weight is 405 g/mol. The van der Waals surface area contributed by atoms with E-state index in [9.17, 15) is 9.59 Å². The van der Waals surface area contributed by atoms with Crippen LogP contribution in [0.5, 0.6) is 11.5 Å². The molecule has 1 amide bonds. The standard InChI is InChI=1S/C15H21NO2.C6H10N2O3/c16-12-7-5-11(6-8-12)9-13-10-17-14-3-1-2-4-15(14)18-13;7-4(9)6(5(10)11)2-1-3-8-6/h1-4,11-13H,5-10,16H2;8H,1-3H2,(H2,7,9)(H,10,11)/t11-,12-,13?;6-/m.0/s1. The second-order valence-electron chi connectivity index (χ2n) is 8.12. The van der Waals surface area contributed by atoms with Gasteiger partial charge in [-0.2, -0.15) is 0 Å². The average Bonchev–Trinajstić information content (AvgIpc) is 3.22. The number of para-hydroxylation sites is 2. The van der Waals surface area contributed by atoms with Gasteiger partial charge in [0.25, 0.3) is 0 Å². The van der Waals surface area contributed by atoms with Gasteiger partial charge in [-0.05, 0) is 69.5 Å². The van der Waals surface area contributed by atoms with Crippen LogP contribution in [0.2, 0.25) is 0 Å². The molecule has 0 radical (unpaired) electrons. The van der Waals surface area contributed by atoms with Crippen molar-refractivity contribution in [1.82, 2.24) is 5.32 Å². The number of primary amides is 1. The summed E-state index contributed by atoms with van der Waals surface area (Å²) >= 11 is 0. The molecule has 2 aliphatic heterocycles. The fraction of sp³-hybridized carbons (Fsp3) is 0.619. The third-order valence-electron chi connectivity index (χ3n) is 6.00. The van der Waals surface area contributed by atoms with Gasteiger partial charge in [0.1, 0.15) is 12.7 Å². The number of hydrogen-bond acceptors (Lipinski definition) is 6. The number of benzene rings is 1. The smallest absolute Gasteiger partial charge is 0.333 e. The van der Waals surface area contributed by atoms with Crippen LogP contribution in [-0.2, 0) is 9.59 Å². The van der Waals surface area contributed by atoms with E-state index in [1.165, 1.54) is 12.8 Å². The van der Waals surface area contributed by atoms with Gasteiger partial charge in [-0.3, -0.25) is 10.1 Å². The summed E-state index contributed by atoms with van der Waals surface area (Å²) in [7, 11) is 0. The molecule has 8 heteroatoms. The molecule has 4 rings (SSSR count). The molecule has 160 valence electrons. The predicted octanol–water partition coefficient (Wildman–Crippen LogP) is 1.41. The summed E-state index contributed by atoms with van der Waals surface area (Å²) in [5.74, 6) is 0.536. The maximum atomic E-state index is 10.7. The van der Waals surface area contributed by atoms with E-state index in [0.29, 0.717) is 25.6 Å². The summed E-state index contributed by atoms with van der Waals surface area (Å²) in [6.45, 7) is 1.22. The lowest BCUT2D eigenvalue weighted by Gasteiger charge is -2.32. The molecule has 3 aliphatic rings. The maximum Gasteiger partial charge on any atom is 0.333 e. The molecule has 1 aromatic carbocycles. The van der Waals surface area contributed by atoms with Crippen molar-refractivity contribution in [3.63, 3.8) is 0 Å². The summed E-state index contributed by atoms with van der Waals surface area (Å²) in [6.07, 6.45) is 7.07. The van der Waals surface area contributed by atoms with Gasteiger partial charge in [-0.15, -0.1) is 0 Å². The molecule has 1 unspecified atom stereocenters. The Morgan fingerprint density at radius 2 is 1.86 bits per heavy atom. The van der Waals surface area contributed by atoms with Crippen molar-refractivity contribution in [2.75, 3.05) is 13.2 Å². The highest BCUT2D eigenvalue weighted by atomic mass is 16.6. The van der Waals surface area contributed by atoms with Crippen molar-refractivity contribution in [3.05, 3.63) is 24.3 Å². The Morgan fingerprint density at radius 1 is 1.17 bits per heavy atom. The van der Waals surface area contributed by atoms with Crippen LogP contribution in [0.15, 0.2) is 24.3 Å². The van der Waals surface area contributed by atoms with Crippen LogP contribution in [0.1, 0.15) is 44.9 Å². The molecule has 29 heavy (non-hydrogen) atoms. The Kier molecular flexibility index (Phi) is 6.97. The summed E-state index contributed by atoms with van der Waals surface area (Å²) in [5, 5.41) is 11.3. The number of hydrogen-bond donors (Lipinski definition) is 4. The number of aliphatic carboxylic acids is 1. The van der Waals surface area contributed by atoms with E-state index in [-0.39, 0.29) is 12.5 Å². The Morgan fingerprint density at radius 3 is 2.41 bits per heavy atom. The lowest BCUT2D eigenvalue weighted by molar-refractivity contribution is -0.149. The first-order chi connectivity index (χ1) is 13.9. The lowest BCUT2D eigenvalue weighted by atomic mass is 9.83. The lowest BCUT2D eigenvalue weighted by Crippen LogP contribution is -2.57. The minimum Gasteiger partial charge on any atom is -0.486 e. The van der Waals surface area contributed by atoms with Gasteiger partial charge < -0.3 is 26.0 Å². The van der Waals surface area contributed by atoms with E-state index in [0.717, 1.165) is 36.7 Å². The van der Waals surface area contributed by atoms with Crippen LogP contribution < -0.4 is 26.3 Å².